The van der Waals surface area contributed by atoms with Crippen LogP contribution < -0.4 is 10.6 Å². The Hall–Kier alpha value is -3.34. The van der Waals surface area contributed by atoms with E-state index in [1.165, 1.54) is 0 Å². The molecule has 3 rings (SSSR count). The Bertz CT molecular complexity index is 1300. The van der Waals surface area contributed by atoms with Gasteiger partial charge in [0.2, 0.25) is 0 Å². The Kier molecular flexibility index (Phi) is 14.3. The van der Waals surface area contributed by atoms with Crippen LogP contribution in [0.1, 0.15) is 100 Å². The van der Waals surface area contributed by atoms with Crippen molar-refractivity contribution in [1.82, 2.24) is 10.6 Å². The van der Waals surface area contributed by atoms with Gasteiger partial charge in [-0.05, 0) is 106 Å². The van der Waals surface area contributed by atoms with Gasteiger partial charge in [-0.2, -0.15) is 0 Å². The first kappa shape index (κ1) is 46.0. The molecule has 16 nitrogen and oxygen atoms in total. The molecule has 2 aliphatic heterocycles. The molecular formula is C39H64N2O14. The van der Waals surface area contributed by atoms with E-state index < -0.39 is 105 Å². The largest absolute Gasteiger partial charge is 0.468 e. The molecule has 0 aromatic carbocycles. The van der Waals surface area contributed by atoms with Crippen molar-refractivity contribution in [2.24, 2.45) is 29.1 Å². The summed E-state index contributed by atoms with van der Waals surface area (Å²) in [6.07, 6.45) is -1.84. The van der Waals surface area contributed by atoms with Crippen LogP contribution in [-0.4, -0.2) is 119 Å². The zero-order valence-electron chi connectivity index (χ0n) is 35.1. The third-order valence-corrected chi connectivity index (χ3v) is 11.6. The summed E-state index contributed by atoms with van der Waals surface area (Å²) in [6.45, 7) is 16.4. The molecule has 0 spiro atoms. The molecule has 0 aromatic heterocycles. The highest BCUT2D eigenvalue weighted by Gasteiger charge is 2.73. The molecule has 1 saturated carbocycles. The Balaban J connectivity index is 2.76. The molecule has 16 heteroatoms. The second-order valence-electron chi connectivity index (χ2n) is 17.8. The molecule has 2 N–H and O–H groups in total. The predicted molar refractivity (Wildman–Crippen MR) is 196 cm³/mol. The molecule has 0 bridgehead atoms. The highest BCUT2D eigenvalue weighted by Crippen LogP contribution is 2.67. The SMILES string of the molecule is COC(=O)C(OC1(OC(C(=O)OC)C(=O)OC)C(C(C(=O)OC)C(=O)OC)CCCC1(C1CC(C)(C)NC(C)(C)C1)C1CC(C)(C)NC(C)(C)C1)C(=O)OC. The summed E-state index contributed by atoms with van der Waals surface area (Å²) in [4.78, 5) is 82.9. The normalized spacial score (nSPS) is 24.1. The second kappa shape index (κ2) is 17.0. The summed E-state index contributed by atoms with van der Waals surface area (Å²) in [5.74, 6) is -13.5. The van der Waals surface area contributed by atoms with Gasteiger partial charge in [0.15, 0.2) is 11.7 Å². The minimum atomic E-state index is -2.51. The molecule has 2 saturated heterocycles. The lowest BCUT2D eigenvalue weighted by molar-refractivity contribution is -0.389. The fourth-order valence-corrected chi connectivity index (χ4v) is 10.7. The molecule has 314 valence electrons. The Morgan fingerprint density at radius 1 is 0.491 bits per heavy atom. The van der Waals surface area contributed by atoms with E-state index in [1.807, 2.05) is 0 Å². The molecule has 55 heavy (non-hydrogen) atoms. The quantitative estimate of drug-likeness (QED) is 0.119. The van der Waals surface area contributed by atoms with Crippen molar-refractivity contribution in [3.63, 3.8) is 0 Å². The number of ether oxygens (including phenoxy) is 8. The van der Waals surface area contributed by atoms with Gasteiger partial charge in [-0.15, -0.1) is 0 Å². The fraction of sp³-hybridized carbons (Fsp3) is 0.846. The number of carbonyl (C=O) groups is 6. The molecule has 1 aliphatic carbocycles. The summed E-state index contributed by atoms with van der Waals surface area (Å²) >= 11 is 0. The summed E-state index contributed by atoms with van der Waals surface area (Å²) < 4.78 is 44.6. The van der Waals surface area contributed by atoms with E-state index in [0.717, 1.165) is 42.7 Å². The number of hydrogen-bond acceptors (Lipinski definition) is 16. The number of esters is 6. The van der Waals surface area contributed by atoms with Crippen molar-refractivity contribution < 1.29 is 66.7 Å². The van der Waals surface area contributed by atoms with E-state index in [2.05, 4.69) is 66.0 Å². The number of rotatable bonds is 13. The molecule has 0 amide bonds. The van der Waals surface area contributed by atoms with Crippen LogP contribution >= 0.6 is 0 Å². The van der Waals surface area contributed by atoms with Crippen LogP contribution in [0.2, 0.25) is 0 Å². The van der Waals surface area contributed by atoms with Crippen molar-refractivity contribution >= 4 is 35.8 Å². The molecule has 1 atom stereocenters. The average molecular weight is 785 g/mol. The summed E-state index contributed by atoms with van der Waals surface area (Å²) in [6, 6.07) is 0. The van der Waals surface area contributed by atoms with Crippen molar-refractivity contribution in [2.75, 3.05) is 42.7 Å². The monoisotopic (exact) mass is 784 g/mol. The third kappa shape index (κ3) is 9.45. The van der Waals surface area contributed by atoms with Crippen LogP contribution in [-0.2, 0) is 66.7 Å². The Morgan fingerprint density at radius 3 is 1.05 bits per heavy atom. The van der Waals surface area contributed by atoms with Crippen molar-refractivity contribution in [3.05, 3.63) is 0 Å². The van der Waals surface area contributed by atoms with Crippen LogP contribution in [0, 0.1) is 29.1 Å². The standard InChI is InChI=1S/C39H64N2O14/c1-34(2)18-22(19-35(3,4)40-34)38(23-20-36(5,6)41-37(7,8)21-23)17-15-16-24(25(28(42)48-9)29(43)49-10)39(38,54-26(30(44)50-11)31(45)51-12)55-27(32(46)52-13)33(47)53-14/h22-27,40-41H,15-21H2,1-14H3. The van der Waals surface area contributed by atoms with Gasteiger partial charge in [-0.25, -0.2) is 19.2 Å². The molecule has 1 unspecified atom stereocenters. The third-order valence-electron chi connectivity index (χ3n) is 11.6. The molecule has 0 radical (unpaired) electrons. The summed E-state index contributed by atoms with van der Waals surface area (Å²) in [5.41, 5.74) is -3.53. The van der Waals surface area contributed by atoms with Gasteiger partial charge in [0.25, 0.3) is 12.2 Å². The first-order valence-corrected chi connectivity index (χ1v) is 18.8. The number of methoxy groups -OCH3 is 6. The number of carbonyl (C=O) groups excluding carboxylic acids is 6. The van der Waals surface area contributed by atoms with Gasteiger partial charge < -0.3 is 48.5 Å². The van der Waals surface area contributed by atoms with E-state index in [1.54, 1.807) is 0 Å². The zero-order valence-corrected chi connectivity index (χ0v) is 35.1. The number of piperidine rings is 2. The van der Waals surface area contributed by atoms with Gasteiger partial charge in [-0.1, -0.05) is 6.42 Å². The smallest absolute Gasteiger partial charge is 0.346 e. The van der Waals surface area contributed by atoms with Gasteiger partial charge in [0.1, 0.15) is 0 Å². The lowest BCUT2D eigenvalue weighted by Crippen LogP contribution is -2.75. The predicted octanol–water partition coefficient (Wildman–Crippen LogP) is 3.01. The minimum absolute atomic E-state index is 0.00371. The average Bonchev–Trinajstić information content (AvgIpc) is 3.09. The molecule has 0 aromatic rings. The topological polar surface area (TPSA) is 200 Å². The van der Waals surface area contributed by atoms with E-state index in [9.17, 15) is 28.8 Å². The van der Waals surface area contributed by atoms with Crippen molar-refractivity contribution in [3.8, 4) is 0 Å². The zero-order chi connectivity index (χ0) is 41.9. The Morgan fingerprint density at radius 2 is 0.782 bits per heavy atom. The first-order valence-electron chi connectivity index (χ1n) is 18.8. The van der Waals surface area contributed by atoms with Crippen LogP contribution in [0.25, 0.3) is 0 Å². The van der Waals surface area contributed by atoms with E-state index in [-0.39, 0.29) is 12.8 Å². The van der Waals surface area contributed by atoms with Crippen molar-refractivity contribution in [2.45, 2.75) is 140 Å². The first-order chi connectivity index (χ1) is 25.4. The van der Waals surface area contributed by atoms with Crippen molar-refractivity contribution in [1.29, 1.82) is 0 Å². The lowest BCUT2D eigenvalue weighted by Gasteiger charge is -2.67. The maximum Gasteiger partial charge on any atom is 0.346 e. The van der Waals surface area contributed by atoms with Gasteiger partial charge in [0, 0.05) is 33.5 Å². The second-order valence-corrected chi connectivity index (χ2v) is 17.8. The number of hydrogen-bond donors (Lipinski definition) is 2. The van der Waals surface area contributed by atoms with Gasteiger partial charge in [0.05, 0.1) is 42.7 Å². The van der Waals surface area contributed by atoms with Gasteiger partial charge in [-0.3, -0.25) is 9.59 Å². The van der Waals surface area contributed by atoms with Crippen LogP contribution in [0.4, 0.5) is 0 Å². The van der Waals surface area contributed by atoms with Gasteiger partial charge >= 0.3 is 35.8 Å². The van der Waals surface area contributed by atoms with E-state index in [0.29, 0.717) is 32.1 Å². The Labute approximate surface area is 325 Å². The lowest BCUT2D eigenvalue weighted by atomic mass is 9.45. The van der Waals surface area contributed by atoms with Crippen LogP contribution in [0.15, 0.2) is 0 Å². The summed E-state index contributed by atoms with van der Waals surface area (Å²) in [7, 11) is 6.40. The summed E-state index contributed by atoms with van der Waals surface area (Å²) in [5, 5.41) is 7.44. The molecule has 3 fully saturated rings. The highest BCUT2D eigenvalue weighted by atomic mass is 16.7. The van der Waals surface area contributed by atoms with E-state index >= 15 is 0 Å². The van der Waals surface area contributed by atoms with E-state index in [4.69, 9.17) is 37.9 Å². The maximum atomic E-state index is 14.0. The van der Waals surface area contributed by atoms with Crippen LogP contribution in [0.5, 0.6) is 0 Å². The highest BCUT2D eigenvalue weighted by molar-refractivity contribution is 5.99. The molecule has 2 heterocycles. The maximum absolute atomic E-state index is 14.0. The molecular weight excluding hydrogens is 720 g/mol. The molecule has 3 aliphatic rings. The van der Waals surface area contributed by atoms with Crippen LogP contribution in [0.3, 0.4) is 0 Å². The minimum Gasteiger partial charge on any atom is -0.468 e. The number of nitrogens with one attached hydrogen (secondary N) is 2. The fourth-order valence-electron chi connectivity index (χ4n) is 10.7.